The molecule has 0 aromatic rings. The smallest absolute Gasteiger partial charge is 0.225 e. The molecule has 1 aliphatic rings. The summed E-state index contributed by atoms with van der Waals surface area (Å²) in [7, 11) is 0. The molecule has 3 nitrogen and oxygen atoms in total. The van der Waals surface area contributed by atoms with Crippen molar-refractivity contribution in [1.29, 1.82) is 0 Å². The van der Waals surface area contributed by atoms with E-state index >= 15 is 0 Å². The van der Waals surface area contributed by atoms with Crippen molar-refractivity contribution >= 4 is 23.1 Å². The average molecular weight is 228 g/mol. The Morgan fingerprint density at radius 1 is 1.53 bits per heavy atom. The zero-order valence-electron chi connectivity index (χ0n) is 9.51. The highest BCUT2D eigenvalue weighted by molar-refractivity contribution is 7.80. The molecule has 0 radical (unpaired) electrons. The van der Waals surface area contributed by atoms with E-state index in [9.17, 15) is 4.79 Å². The quantitative estimate of drug-likeness (QED) is 0.719. The monoisotopic (exact) mass is 228 g/mol. The molecule has 1 aliphatic carbocycles. The molecule has 0 saturated heterocycles. The van der Waals surface area contributed by atoms with Crippen LogP contribution in [0.3, 0.4) is 0 Å². The minimum absolute atomic E-state index is 0.0777. The molecule has 1 amide bonds. The summed E-state index contributed by atoms with van der Waals surface area (Å²) >= 11 is 4.86. The zero-order chi connectivity index (χ0) is 11.5. The summed E-state index contributed by atoms with van der Waals surface area (Å²) in [6.07, 6.45) is 4.32. The van der Waals surface area contributed by atoms with E-state index in [4.69, 9.17) is 18.0 Å². The number of thiocarbonyl (C=S) groups is 1. The fraction of sp³-hybridized carbons (Fsp3) is 0.818. The van der Waals surface area contributed by atoms with E-state index < -0.39 is 0 Å². The van der Waals surface area contributed by atoms with Gasteiger partial charge in [0.25, 0.3) is 0 Å². The van der Waals surface area contributed by atoms with Gasteiger partial charge in [0.05, 0.1) is 4.99 Å². The summed E-state index contributed by atoms with van der Waals surface area (Å²) in [5.74, 6) is 0.233. The van der Waals surface area contributed by atoms with Gasteiger partial charge in [-0.05, 0) is 12.8 Å². The van der Waals surface area contributed by atoms with Gasteiger partial charge in [-0.1, -0.05) is 38.9 Å². The molecule has 0 aromatic carbocycles. The average Bonchev–Trinajstić information content (AvgIpc) is 2.62. The number of nitrogens with two attached hydrogens (primary N) is 1. The van der Waals surface area contributed by atoms with Crippen LogP contribution in [0.15, 0.2) is 0 Å². The van der Waals surface area contributed by atoms with Crippen LogP contribution in [-0.4, -0.2) is 17.4 Å². The maximum Gasteiger partial charge on any atom is 0.225 e. The van der Waals surface area contributed by atoms with Crippen LogP contribution in [0, 0.1) is 11.3 Å². The maximum atomic E-state index is 11.9. The second-order valence-corrected chi connectivity index (χ2v) is 5.25. The first-order valence-corrected chi connectivity index (χ1v) is 5.94. The van der Waals surface area contributed by atoms with E-state index in [1.807, 2.05) is 13.8 Å². The first-order valence-electron chi connectivity index (χ1n) is 5.53. The normalized spacial score (nSPS) is 20.9. The molecule has 1 atom stereocenters. The van der Waals surface area contributed by atoms with Crippen molar-refractivity contribution in [2.75, 3.05) is 6.54 Å². The second-order valence-electron chi connectivity index (χ2n) is 4.78. The van der Waals surface area contributed by atoms with Crippen LogP contribution in [0.4, 0.5) is 0 Å². The van der Waals surface area contributed by atoms with Crippen molar-refractivity contribution in [2.45, 2.75) is 39.5 Å². The molecule has 1 unspecified atom stereocenters. The molecule has 4 heteroatoms. The summed E-state index contributed by atoms with van der Waals surface area (Å²) in [4.78, 5) is 12.4. The van der Waals surface area contributed by atoms with Gasteiger partial charge >= 0.3 is 0 Å². The van der Waals surface area contributed by atoms with Crippen molar-refractivity contribution in [2.24, 2.45) is 17.1 Å². The van der Waals surface area contributed by atoms with Crippen LogP contribution in [0.25, 0.3) is 0 Å². The van der Waals surface area contributed by atoms with E-state index in [0.29, 0.717) is 11.5 Å². The lowest BCUT2D eigenvalue weighted by Crippen LogP contribution is -2.41. The van der Waals surface area contributed by atoms with Crippen molar-refractivity contribution < 1.29 is 4.79 Å². The van der Waals surface area contributed by atoms with Gasteiger partial charge in [-0.15, -0.1) is 0 Å². The predicted molar refractivity (Wildman–Crippen MR) is 65.5 cm³/mol. The number of hydrogen-bond acceptors (Lipinski definition) is 2. The Morgan fingerprint density at radius 3 is 2.53 bits per heavy atom. The van der Waals surface area contributed by atoms with E-state index in [0.717, 1.165) is 25.7 Å². The van der Waals surface area contributed by atoms with E-state index in [1.165, 1.54) is 0 Å². The SMILES string of the molecule is CC(CNC(=O)C1(C)CCCC1)C(N)=S. The lowest BCUT2D eigenvalue weighted by molar-refractivity contribution is -0.129. The Kier molecular flexibility index (Phi) is 4.08. The molecule has 1 rings (SSSR count). The molecule has 1 fully saturated rings. The van der Waals surface area contributed by atoms with Crippen LogP contribution in [0.2, 0.25) is 0 Å². The molecular weight excluding hydrogens is 208 g/mol. The Bertz CT molecular complexity index is 259. The lowest BCUT2D eigenvalue weighted by atomic mass is 9.88. The summed E-state index contributed by atoms with van der Waals surface area (Å²) in [5, 5.41) is 2.94. The molecule has 0 heterocycles. The van der Waals surface area contributed by atoms with Crippen LogP contribution < -0.4 is 11.1 Å². The third-order valence-corrected chi connectivity index (χ3v) is 3.71. The molecule has 0 spiro atoms. The van der Waals surface area contributed by atoms with E-state index in [1.54, 1.807) is 0 Å². The molecule has 0 bridgehead atoms. The predicted octanol–water partition coefficient (Wildman–Crippen LogP) is 1.61. The molecule has 0 aliphatic heterocycles. The van der Waals surface area contributed by atoms with Crippen LogP contribution in [0.5, 0.6) is 0 Å². The van der Waals surface area contributed by atoms with Gasteiger partial charge in [-0.2, -0.15) is 0 Å². The Balaban J connectivity index is 2.39. The van der Waals surface area contributed by atoms with Crippen molar-refractivity contribution in [3.63, 3.8) is 0 Å². The summed E-state index contributed by atoms with van der Waals surface area (Å²) in [5.41, 5.74) is 5.33. The number of rotatable bonds is 4. The zero-order valence-corrected chi connectivity index (χ0v) is 10.3. The van der Waals surface area contributed by atoms with Gasteiger partial charge in [0.15, 0.2) is 0 Å². The number of amides is 1. The van der Waals surface area contributed by atoms with Gasteiger partial charge in [0, 0.05) is 17.9 Å². The summed E-state index contributed by atoms with van der Waals surface area (Å²) in [6.45, 7) is 4.53. The number of hydrogen-bond donors (Lipinski definition) is 2. The van der Waals surface area contributed by atoms with Gasteiger partial charge in [0.1, 0.15) is 0 Å². The summed E-state index contributed by atoms with van der Waals surface area (Å²) in [6, 6.07) is 0. The minimum Gasteiger partial charge on any atom is -0.393 e. The van der Waals surface area contributed by atoms with Gasteiger partial charge in [0.2, 0.25) is 5.91 Å². The largest absolute Gasteiger partial charge is 0.393 e. The second kappa shape index (κ2) is 4.92. The van der Waals surface area contributed by atoms with E-state index in [2.05, 4.69) is 5.32 Å². The Hall–Kier alpha value is -0.640. The summed E-state index contributed by atoms with van der Waals surface area (Å²) < 4.78 is 0. The van der Waals surface area contributed by atoms with Crippen LogP contribution in [0.1, 0.15) is 39.5 Å². The molecule has 86 valence electrons. The lowest BCUT2D eigenvalue weighted by Gasteiger charge is -2.23. The van der Waals surface area contributed by atoms with E-state index in [-0.39, 0.29) is 17.2 Å². The van der Waals surface area contributed by atoms with Gasteiger partial charge in [-0.3, -0.25) is 4.79 Å². The minimum atomic E-state index is -0.157. The first kappa shape index (κ1) is 12.4. The Morgan fingerprint density at radius 2 is 2.07 bits per heavy atom. The van der Waals surface area contributed by atoms with Crippen LogP contribution in [-0.2, 0) is 4.79 Å². The van der Waals surface area contributed by atoms with Gasteiger partial charge < -0.3 is 11.1 Å². The highest BCUT2D eigenvalue weighted by Gasteiger charge is 2.35. The maximum absolute atomic E-state index is 11.9. The number of nitrogens with one attached hydrogen (secondary N) is 1. The van der Waals surface area contributed by atoms with Crippen LogP contribution >= 0.6 is 12.2 Å². The molecular formula is C11H20N2OS. The molecule has 3 N–H and O–H groups in total. The highest BCUT2D eigenvalue weighted by Crippen LogP contribution is 2.37. The van der Waals surface area contributed by atoms with Crippen molar-refractivity contribution in [1.82, 2.24) is 5.32 Å². The number of carbonyl (C=O) groups is 1. The molecule has 15 heavy (non-hydrogen) atoms. The molecule has 0 aromatic heterocycles. The first-order chi connectivity index (χ1) is 6.96. The van der Waals surface area contributed by atoms with Crippen molar-refractivity contribution in [3.05, 3.63) is 0 Å². The molecule has 1 saturated carbocycles. The standard InChI is InChI=1S/C11H20N2OS/c1-8(9(12)15)7-13-10(14)11(2)5-3-4-6-11/h8H,3-7H2,1-2H3,(H2,12,15)(H,13,14). The fourth-order valence-corrected chi connectivity index (χ4v) is 2.03. The Labute approximate surface area is 96.8 Å². The fourth-order valence-electron chi connectivity index (χ4n) is 1.94. The van der Waals surface area contributed by atoms with Crippen molar-refractivity contribution in [3.8, 4) is 0 Å². The highest BCUT2D eigenvalue weighted by atomic mass is 32.1. The topological polar surface area (TPSA) is 55.1 Å². The third kappa shape index (κ3) is 3.16. The number of carbonyl (C=O) groups excluding carboxylic acids is 1. The third-order valence-electron chi connectivity index (χ3n) is 3.31. The van der Waals surface area contributed by atoms with Gasteiger partial charge in [-0.25, -0.2) is 0 Å².